The Morgan fingerprint density at radius 2 is 0.714 bits per heavy atom. The van der Waals surface area contributed by atoms with Gasteiger partial charge in [-0.3, -0.25) is 0 Å². The molecule has 2 nitrogen and oxygen atoms in total. The Morgan fingerprint density at radius 3 is 1.30 bits per heavy atom. The molecule has 0 N–H and O–H groups in total. The average Bonchev–Trinajstić information content (AvgIpc) is 3.88. The highest BCUT2D eigenvalue weighted by Crippen LogP contribution is 2.40. The Kier molecular flexibility index (Phi) is 8.87. The van der Waals surface area contributed by atoms with Crippen LogP contribution in [0.5, 0.6) is 0 Å². The van der Waals surface area contributed by atoms with Gasteiger partial charge < -0.3 is 9.13 Å². The molecule has 3 heteroatoms. The minimum absolute atomic E-state index is 1.12. The van der Waals surface area contributed by atoms with Crippen molar-refractivity contribution in [1.29, 1.82) is 0 Å². The quantitative estimate of drug-likeness (QED) is 0.107. The predicted molar refractivity (Wildman–Crippen MR) is 270 cm³/mol. The number of aromatic nitrogens is 2. The summed E-state index contributed by atoms with van der Waals surface area (Å²) in [5.41, 5.74) is 11.9. The summed E-state index contributed by atoms with van der Waals surface area (Å²) in [6, 6.07) is 94.2. The van der Waals surface area contributed by atoms with Crippen molar-refractivity contribution in [2.24, 2.45) is 0 Å². The molecule has 2 heterocycles. The third kappa shape index (κ3) is 5.85. The lowest BCUT2D eigenvalue weighted by atomic mass is 9.94. The van der Waals surface area contributed by atoms with E-state index in [4.69, 9.17) is 0 Å². The predicted octanol–water partition coefficient (Wildman–Crippen LogP) is 12.6. The highest BCUT2D eigenvalue weighted by Gasteiger charge is 2.41. The van der Waals surface area contributed by atoms with E-state index in [0.29, 0.717) is 0 Å². The van der Waals surface area contributed by atoms with Gasteiger partial charge in [0.1, 0.15) is 0 Å². The van der Waals surface area contributed by atoms with Crippen LogP contribution in [-0.2, 0) is 0 Å². The maximum atomic E-state index is 2.54. The van der Waals surface area contributed by atoms with Crippen molar-refractivity contribution in [1.82, 2.24) is 9.13 Å². The van der Waals surface area contributed by atoms with Crippen molar-refractivity contribution in [2.45, 2.75) is 0 Å². The van der Waals surface area contributed by atoms with E-state index in [1.807, 2.05) is 0 Å². The lowest BCUT2D eigenvalue weighted by Gasteiger charge is -2.34. The number of hydrogen-bond acceptors (Lipinski definition) is 0. The monoisotopic (exact) mass is 818 g/mol. The second kappa shape index (κ2) is 15.2. The SMILES string of the molecule is c1ccc(-c2ccccc2-c2ccc(-n3c4ccccc4c4cccc(-n5c6ccccc6c6ccc([Si](c7ccccc7)(c7ccccc7)c7ccccc7)cc65)c43)cc2)cc1. The molecule has 63 heavy (non-hydrogen) atoms. The molecule has 0 radical (unpaired) electrons. The number of benzene rings is 10. The van der Waals surface area contributed by atoms with Gasteiger partial charge >= 0.3 is 0 Å². The zero-order chi connectivity index (χ0) is 41.7. The van der Waals surface area contributed by atoms with E-state index >= 15 is 0 Å². The minimum atomic E-state index is -2.81. The zero-order valence-corrected chi connectivity index (χ0v) is 35.6. The maximum Gasteiger partial charge on any atom is 0.179 e. The largest absolute Gasteiger partial charge is 0.307 e. The van der Waals surface area contributed by atoms with Crippen LogP contribution in [0.25, 0.3) is 77.2 Å². The van der Waals surface area contributed by atoms with E-state index in [-0.39, 0.29) is 0 Å². The normalized spacial score (nSPS) is 11.8. The second-order valence-electron chi connectivity index (χ2n) is 16.4. The summed E-state index contributed by atoms with van der Waals surface area (Å²) in [5, 5.41) is 10.4. The molecule has 0 saturated carbocycles. The Balaban J connectivity index is 1.13. The van der Waals surface area contributed by atoms with Crippen LogP contribution in [0, 0.1) is 0 Å². The fourth-order valence-electron chi connectivity index (χ4n) is 10.4. The van der Waals surface area contributed by atoms with Gasteiger partial charge in [-0.15, -0.1) is 0 Å². The first kappa shape index (κ1) is 36.8. The fraction of sp³-hybridized carbons (Fsp3) is 0. The van der Waals surface area contributed by atoms with Crippen LogP contribution < -0.4 is 20.7 Å². The van der Waals surface area contributed by atoms with Gasteiger partial charge in [0, 0.05) is 27.2 Å². The number of hydrogen-bond donors (Lipinski definition) is 0. The van der Waals surface area contributed by atoms with E-state index in [0.717, 1.165) is 11.4 Å². The first-order valence-corrected chi connectivity index (χ1v) is 23.8. The molecule has 0 aliphatic carbocycles. The Morgan fingerprint density at radius 1 is 0.270 bits per heavy atom. The molecule has 0 aliphatic heterocycles. The van der Waals surface area contributed by atoms with Crippen LogP contribution in [0.2, 0.25) is 0 Å². The van der Waals surface area contributed by atoms with Crippen molar-refractivity contribution < 1.29 is 0 Å². The molecule has 0 spiro atoms. The molecule has 0 bridgehead atoms. The molecule has 0 amide bonds. The molecule has 0 atom stereocenters. The topological polar surface area (TPSA) is 9.86 Å². The summed E-state index contributed by atoms with van der Waals surface area (Å²) in [4.78, 5) is 0. The third-order valence-electron chi connectivity index (χ3n) is 13.1. The number of para-hydroxylation sites is 3. The Bertz CT molecular complexity index is 3490. The van der Waals surface area contributed by atoms with E-state index in [9.17, 15) is 0 Å². The second-order valence-corrected chi connectivity index (χ2v) is 20.2. The summed E-state index contributed by atoms with van der Waals surface area (Å²) >= 11 is 0. The van der Waals surface area contributed by atoms with Crippen LogP contribution in [0.15, 0.2) is 255 Å². The molecule has 10 aromatic carbocycles. The summed E-state index contributed by atoms with van der Waals surface area (Å²) in [5.74, 6) is 0. The van der Waals surface area contributed by atoms with Crippen molar-refractivity contribution >= 4 is 72.4 Å². The average molecular weight is 819 g/mol. The third-order valence-corrected chi connectivity index (χ3v) is 17.9. The highest BCUT2D eigenvalue weighted by atomic mass is 28.3. The van der Waals surface area contributed by atoms with Crippen molar-refractivity contribution in [2.75, 3.05) is 0 Å². The number of fused-ring (bicyclic) bond motifs is 6. The first-order valence-electron chi connectivity index (χ1n) is 21.8. The van der Waals surface area contributed by atoms with E-state index in [2.05, 4.69) is 264 Å². The zero-order valence-electron chi connectivity index (χ0n) is 34.6. The van der Waals surface area contributed by atoms with Gasteiger partial charge in [0.2, 0.25) is 0 Å². The smallest absolute Gasteiger partial charge is 0.179 e. The summed E-state index contributed by atoms with van der Waals surface area (Å²) in [7, 11) is -2.81. The minimum Gasteiger partial charge on any atom is -0.307 e. The van der Waals surface area contributed by atoms with Gasteiger partial charge in [0.25, 0.3) is 0 Å². The van der Waals surface area contributed by atoms with Gasteiger partial charge in [-0.1, -0.05) is 218 Å². The van der Waals surface area contributed by atoms with Gasteiger partial charge in [0.05, 0.1) is 27.8 Å². The maximum absolute atomic E-state index is 2.81. The highest BCUT2D eigenvalue weighted by molar-refractivity contribution is 7.20. The summed E-state index contributed by atoms with van der Waals surface area (Å²) < 4.78 is 5.02. The molecule has 0 unspecified atom stereocenters. The van der Waals surface area contributed by atoms with Gasteiger partial charge in [-0.05, 0) is 79.4 Å². The molecule has 0 saturated heterocycles. The summed E-state index contributed by atoms with van der Waals surface area (Å²) in [6.45, 7) is 0. The molecule has 12 rings (SSSR count). The Hall–Kier alpha value is -7.98. The lowest BCUT2D eigenvalue weighted by molar-refractivity contribution is 1.13. The van der Waals surface area contributed by atoms with Crippen molar-refractivity contribution in [3.63, 3.8) is 0 Å². The van der Waals surface area contributed by atoms with E-state index in [1.54, 1.807) is 0 Å². The van der Waals surface area contributed by atoms with Crippen LogP contribution in [-0.4, -0.2) is 17.2 Å². The molecule has 2 aromatic heterocycles. The molecule has 0 aliphatic rings. The van der Waals surface area contributed by atoms with Gasteiger partial charge in [0.15, 0.2) is 8.07 Å². The number of rotatable bonds is 8. The van der Waals surface area contributed by atoms with Crippen molar-refractivity contribution in [3.8, 4) is 33.6 Å². The van der Waals surface area contributed by atoms with Crippen LogP contribution >= 0.6 is 0 Å². The Labute approximate surface area is 368 Å². The van der Waals surface area contributed by atoms with Crippen LogP contribution in [0.4, 0.5) is 0 Å². The first-order chi connectivity index (χ1) is 31.3. The van der Waals surface area contributed by atoms with Gasteiger partial charge in [-0.25, -0.2) is 0 Å². The van der Waals surface area contributed by atoms with Gasteiger partial charge in [-0.2, -0.15) is 0 Å². The van der Waals surface area contributed by atoms with Crippen LogP contribution in [0.3, 0.4) is 0 Å². The molecule has 0 fully saturated rings. The van der Waals surface area contributed by atoms with E-state index < -0.39 is 8.07 Å². The fourth-order valence-corrected chi connectivity index (χ4v) is 15.1. The summed E-state index contributed by atoms with van der Waals surface area (Å²) in [6.07, 6.45) is 0. The molecule has 12 aromatic rings. The molecule has 296 valence electrons. The van der Waals surface area contributed by atoms with E-state index in [1.165, 1.54) is 86.6 Å². The standard InChI is InChI=1S/C60H42N2Si/c1-5-20-43(21-6-1)50-28-13-14-29-51(50)44-36-38-45(39-37-44)61-56-33-17-16-31-53(56)55-32-19-35-58(60(55)61)62-57-34-18-15-30-52(57)54-41-40-49(42-59(54)62)63(46-22-7-2-8-23-46,47-24-9-3-10-25-47)48-26-11-4-12-27-48/h1-42H. The molecular weight excluding hydrogens is 777 g/mol. The van der Waals surface area contributed by atoms with Crippen LogP contribution in [0.1, 0.15) is 0 Å². The molecular formula is C60H42N2Si. The number of nitrogens with zero attached hydrogens (tertiary/aromatic N) is 2. The lowest BCUT2D eigenvalue weighted by Crippen LogP contribution is -2.74. The van der Waals surface area contributed by atoms with Crippen molar-refractivity contribution in [3.05, 3.63) is 255 Å².